The lowest BCUT2D eigenvalue weighted by molar-refractivity contribution is 0.0276. The Morgan fingerprint density at radius 1 is 1.17 bits per heavy atom. The highest BCUT2D eigenvalue weighted by molar-refractivity contribution is 5.99. The molecule has 0 saturated heterocycles. The molecule has 0 saturated carbocycles. The van der Waals surface area contributed by atoms with Crippen LogP contribution in [0.3, 0.4) is 0 Å². The molecule has 130 valence electrons. The topological polar surface area (TPSA) is 94.5 Å². The molecule has 7 heteroatoms. The quantitative estimate of drug-likeness (QED) is 0.544. The van der Waals surface area contributed by atoms with Crippen molar-refractivity contribution in [1.29, 1.82) is 0 Å². The molecule has 0 heterocycles. The SMILES string of the molecule is COc1ccc2c(c1OC)C(=C=O)C(OCCOCCO)C=C2O. The van der Waals surface area contributed by atoms with Gasteiger partial charge in [0, 0.05) is 11.1 Å². The molecule has 24 heavy (non-hydrogen) atoms. The zero-order valence-electron chi connectivity index (χ0n) is 13.6. The average molecular weight is 336 g/mol. The van der Waals surface area contributed by atoms with E-state index in [1.807, 2.05) is 5.94 Å². The number of benzene rings is 1. The maximum absolute atomic E-state index is 11.5. The minimum absolute atomic E-state index is 0.0220. The van der Waals surface area contributed by atoms with Crippen molar-refractivity contribution in [3.63, 3.8) is 0 Å². The Bertz CT molecular complexity index is 659. The molecule has 1 aromatic carbocycles. The molecule has 0 fully saturated rings. The summed E-state index contributed by atoms with van der Waals surface area (Å²) in [6.07, 6.45) is 0.647. The number of hydrogen-bond acceptors (Lipinski definition) is 7. The first-order chi connectivity index (χ1) is 11.7. The largest absolute Gasteiger partial charge is 0.508 e. The van der Waals surface area contributed by atoms with E-state index < -0.39 is 6.10 Å². The van der Waals surface area contributed by atoms with Gasteiger partial charge in [0.15, 0.2) is 11.5 Å². The van der Waals surface area contributed by atoms with Crippen LogP contribution in [0.15, 0.2) is 18.2 Å². The van der Waals surface area contributed by atoms with Gasteiger partial charge in [-0.3, -0.25) is 0 Å². The highest BCUT2D eigenvalue weighted by atomic mass is 16.5. The third kappa shape index (κ3) is 3.60. The van der Waals surface area contributed by atoms with E-state index in [0.717, 1.165) is 0 Å². The van der Waals surface area contributed by atoms with E-state index in [1.54, 1.807) is 12.1 Å². The lowest BCUT2D eigenvalue weighted by Crippen LogP contribution is -2.21. The van der Waals surface area contributed by atoms with Crippen LogP contribution in [0.2, 0.25) is 0 Å². The fourth-order valence-electron chi connectivity index (χ4n) is 2.51. The van der Waals surface area contributed by atoms with Crippen molar-refractivity contribution in [2.75, 3.05) is 40.6 Å². The van der Waals surface area contributed by atoms with Crippen molar-refractivity contribution < 1.29 is 34.0 Å². The monoisotopic (exact) mass is 336 g/mol. The van der Waals surface area contributed by atoms with Crippen LogP contribution in [0.25, 0.3) is 11.3 Å². The molecule has 0 radical (unpaired) electrons. The van der Waals surface area contributed by atoms with E-state index in [-0.39, 0.29) is 37.8 Å². The second-order valence-electron chi connectivity index (χ2n) is 4.92. The van der Waals surface area contributed by atoms with Gasteiger partial charge in [0.05, 0.1) is 46.2 Å². The summed E-state index contributed by atoms with van der Waals surface area (Å²) in [6.45, 7) is 0.564. The maximum Gasteiger partial charge on any atom is 0.169 e. The fraction of sp³-hybridized carbons (Fsp3) is 0.412. The van der Waals surface area contributed by atoms with E-state index in [1.165, 1.54) is 20.3 Å². The number of methoxy groups -OCH3 is 2. The van der Waals surface area contributed by atoms with Gasteiger partial charge in [-0.25, -0.2) is 4.79 Å². The molecule has 1 aliphatic carbocycles. The van der Waals surface area contributed by atoms with Gasteiger partial charge in [-0.2, -0.15) is 0 Å². The van der Waals surface area contributed by atoms with Crippen molar-refractivity contribution >= 4 is 17.3 Å². The second kappa shape index (κ2) is 8.52. The fourth-order valence-corrected chi connectivity index (χ4v) is 2.51. The third-order valence-electron chi connectivity index (χ3n) is 3.56. The Hall–Kier alpha value is -2.31. The van der Waals surface area contributed by atoms with E-state index in [0.29, 0.717) is 22.6 Å². The van der Waals surface area contributed by atoms with Gasteiger partial charge < -0.3 is 29.2 Å². The van der Waals surface area contributed by atoms with E-state index in [9.17, 15) is 9.90 Å². The number of aliphatic hydroxyl groups is 2. The smallest absolute Gasteiger partial charge is 0.169 e. The van der Waals surface area contributed by atoms with Gasteiger partial charge in [0.2, 0.25) is 0 Å². The first kappa shape index (κ1) is 18.0. The molecule has 2 rings (SSSR count). The Kier molecular flexibility index (Phi) is 6.40. The van der Waals surface area contributed by atoms with E-state index in [2.05, 4.69) is 0 Å². The van der Waals surface area contributed by atoms with Gasteiger partial charge in [-0.05, 0) is 18.2 Å². The number of rotatable bonds is 8. The summed E-state index contributed by atoms with van der Waals surface area (Å²) in [5, 5.41) is 18.9. The van der Waals surface area contributed by atoms with Crippen molar-refractivity contribution in [2.24, 2.45) is 0 Å². The highest BCUT2D eigenvalue weighted by Crippen LogP contribution is 2.43. The van der Waals surface area contributed by atoms with Crippen molar-refractivity contribution in [1.82, 2.24) is 0 Å². The summed E-state index contributed by atoms with van der Waals surface area (Å²) in [5.41, 5.74) is 1.05. The number of aliphatic hydroxyl groups excluding tert-OH is 2. The van der Waals surface area contributed by atoms with Gasteiger partial charge >= 0.3 is 0 Å². The molecule has 7 nitrogen and oxygen atoms in total. The van der Waals surface area contributed by atoms with Crippen LogP contribution in [0.4, 0.5) is 0 Å². The molecule has 0 aliphatic heterocycles. The summed E-state index contributed by atoms with van der Waals surface area (Å²) >= 11 is 0. The van der Waals surface area contributed by atoms with Crippen molar-refractivity contribution in [3.05, 3.63) is 29.3 Å². The summed E-state index contributed by atoms with van der Waals surface area (Å²) in [6, 6.07) is 3.29. The van der Waals surface area contributed by atoms with Gasteiger partial charge in [-0.15, -0.1) is 0 Å². The summed E-state index contributed by atoms with van der Waals surface area (Å²) < 4.78 is 21.3. The first-order valence-electron chi connectivity index (χ1n) is 7.39. The van der Waals surface area contributed by atoms with Crippen molar-refractivity contribution in [2.45, 2.75) is 6.10 Å². The zero-order valence-corrected chi connectivity index (χ0v) is 13.6. The molecular weight excluding hydrogens is 316 g/mol. The molecule has 0 spiro atoms. The Morgan fingerprint density at radius 3 is 2.58 bits per heavy atom. The molecule has 1 atom stereocenters. The predicted octanol–water partition coefficient (Wildman–Crippen LogP) is 1.23. The van der Waals surface area contributed by atoms with Crippen LogP contribution in [0, 0.1) is 0 Å². The normalized spacial score (nSPS) is 16.2. The van der Waals surface area contributed by atoms with E-state index in [4.69, 9.17) is 24.1 Å². The lowest BCUT2D eigenvalue weighted by atomic mass is 9.89. The zero-order chi connectivity index (χ0) is 17.5. The van der Waals surface area contributed by atoms with E-state index >= 15 is 0 Å². The molecule has 2 N–H and O–H groups in total. The van der Waals surface area contributed by atoms with Crippen molar-refractivity contribution in [3.8, 4) is 11.5 Å². The predicted molar refractivity (Wildman–Crippen MR) is 86.9 cm³/mol. The van der Waals surface area contributed by atoms with Gasteiger partial charge in [0.25, 0.3) is 0 Å². The van der Waals surface area contributed by atoms with Crippen LogP contribution < -0.4 is 9.47 Å². The Labute approximate surface area is 139 Å². The van der Waals surface area contributed by atoms with Gasteiger partial charge in [0.1, 0.15) is 17.8 Å². The van der Waals surface area contributed by atoms with Gasteiger partial charge in [-0.1, -0.05) is 0 Å². The number of fused-ring (bicyclic) bond motifs is 1. The minimum atomic E-state index is -0.784. The van der Waals surface area contributed by atoms with Crippen LogP contribution in [-0.4, -0.2) is 62.9 Å². The third-order valence-corrected chi connectivity index (χ3v) is 3.56. The number of ether oxygens (including phenoxy) is 4. The molecule has 1 aliphatic rings. The highest BCUT2D eigenvalue weighted by Gasteiger charge is 2.31. The summed E-state index contributed by atoms with van der Waals surface area (Å²) in [4.78, 5) is 11.5. The first-order valence-corrected chi connectivity index (χ1v) is 7.39. The maximum atomic E-state index is 11.5. The molecule has 0 amide bonds. The van der Waals surface area contributed by atoms with Crippen LogP contribution in [-0.2, 0) is 14.3 Å². The molecule has 0 aromatic heterocycles. The molecule has 1 aromatic rings. The summed E-state index contributed by atoms with van der Waals surface area (Å²) in [5.74, 6) is 2.62. The second-order valence-corrected chi connectivity index (χ2v) is 4.92. The summed E-state index contributed by atoms with van der Waals surface area (Å²) in [7, 11) is 2.94. The number of carbonyl (C=O) groups excluding carboxylic acids is 1. The van der Waals surface area contributed by atoms with Crippen LogP contribution >= 0.6 is 0 Å². The molecular formula is C17H20O7. The number of hydrogen-bond donors (Lipinski definition) is 2. The van der Waals surface area contributed by atoms with Crippen LogP contribution in [0.1, 0.15) is 11.1 Å². The lowest BCUT2D eigenvalue weighted by Gasteiger charge is -2.25. The van der Waals surface area contributed by atoms with Crippen LogP contribution in [0.5, 0.6) is 11.5 Å². The minimum Gasteiger partial charge on any atom is -0.508 e. The Morgan fingerprint density at radius 2 is 1.96 bits per heavy atom. The standard InChI is InChI=1S/C17H20O7/c1-21-14-4-3-11-13(20)9-15(24-8-7-23-6-5-18)12(10-19)16(11)17(14)22-2/h3-4,9,15,18,20H,5-8H2,1-2H3. The molecule has 0 bridgehead atoms. The molecule has 1 unspecified atom stereocenters. The average Bonchev–Trinajstić information content (AvgIpc) is 2.60. The Balaban J connectivity index is 2.31.